The van der Waals surface area contributed by atoms with E-state index in [9.17, 15) is 0 Å². The average Bonchev–Trinajstić information content (AvgIpc) is 2.46. The Bertz CT molecular complexity index is 70.5. The molecule has 0 unspecified atom stereocenters. The molecule has 0 bridgehead atoms. The predicted molar refractivity (Wildman–Crippen MR) is 46.7 cm³/mol. The van der Waals surface area contributed by atoms with E-state index < -0.39 is 0 Å². The third-order valence-corrected chi connectivity index (χ3v) is 1.31. The maximum Gasteiger partial charge on any atom is 0.290 e. The lowest BCUT2D eigenvalue weighted by Gasteiger charge is -1.95. The number of rotatable bonds is 0. The molecule has 0 aliphatic carbocycles. The van der Waals surface area contributed by atoms with Crippen LogP contribution in [0.4, 0.5) is 0 Å². The fourth-order valence-corrected chi connectivity index (χ4v) is 0.859. The van der Waals surface area contributed by atoms with Crippen molar-refractivity contribution in [1.29, 1.82) is 0 Å². The van der Waals surface area contributed by atoms with E-state index in [1.807, 2.05) is 13.8 Å². The molecule has 0 aromatic heterocycles. The second kappa shape index (κ2) is 12.1. The summed E-state index contributed by atoms with van der Waals surface area (Å²) in [5.74, 6) is 0. The van der Waals surface area contributed by atoms with E-state index in [0.717, 1.165) is 6.04 Å². The maximum absolute atomic E-state index is 8.36. The molecule has 1 atom stereocenters. The topological polar surface area (TPSA) is 49.3 Å². The van der Waals surface area contributed by atoms with Crippen LogP contribution in [0.5, 0.6) is 0 Å². The van der Waals surface area contributed by atoms with Crippen LogP contribution in [0.1, 0.15) is 33.6 Å². The smallest absolute Gasteiger partial charge is 0.290 e. The predicted octanol–water partition coefficient (Wildman–Crippen LogP) is 1.49. The monoisotopic (exact) mass is 161 g/mol. The highest BCUT2D eigenvalue weighted by Gasteiger charge is 2.05. The van der Waals surface area contributed by atoms with Crippen molar-refractivity contribution in [2.45, 2.75) is 39.7 Å². The van der Waals surface area contributed by atoms with Crippen molar-refractivity contribution in [3.63, 3.8) is 0 Å². The molecule has 0 saturated carbocycles. The molecule has 1 heterocycles. The van der Waals surface area contributed by atoms with E-state index in [-0.39, 0.29) is 6.47 Å². The Labute approximate surface area is 68.8 Å². The van der Waals surface area contributed by atoms with Crippen LogP contribution < -0.4 is 5.32 Å². The van der Waals surface area contributed by atoms with E-state index in [1.165, 1.54) is 19.4 Å². The summed E-state index contributed by atoms with van der Waals surface area (Å²) in [6.07, 6.45) is 2.75. The van der Waals surface area contributed by atoms with Crippen molar-refractivity contribution in [1.82, 2.24) is 5.32 Å². The number of carbonyl (C=O) groups is 1. The first-order chi connectivity index (χ1) is 5.31. The third-order valence-electron chi connectivity index (χ3n) is 1.31. The highest BCUT2D eigenvalue weighted by Crippen LogP contribution is 2.01. The molecule has 0 spiro atoms. The van der Waals surface area contributed by atoms with Gasteiger partial charge in [0.1, 0.15) is 0 Å². The van der Waals surface area contributed by atoms with Gasteiger partial charge in [-0.15, -0.1) is 0 Å². The van der Waals surface area contributed by atoms with Gasteiger partial charge in [-0.1, -0.05) is 13.8 Å². The van der Waals surface area contributed by atoms with Gasteiger partial charge in [-0.05, 0) is 26.3 Å². The van der Waals surface area contributed by atoms with Crippen molar-refractivity contribution in [2.75, 3.05) is 6.54 Å². The Morgan fingerprint density at radius 2 is 2.00 bits per heavy atom. The lowest BCUT2D eigenvalue weighted by atomic mass is 10.3. The minimum absolute atomic E-state index is 0.250. The molecule has 2 N–H and O–H groups in total. The van der Waals surface area contributed by atoms with Gasteiger partial charge in [-0.3, -0.25) is 4.79 Å². The Kier molecular flexibility index (Phi) is 14.4. The quantitative estimate of drug-likeness (QED) is 0.529. The molecular weight excluding hydrogens is 142 g/mol. The van der Waals surface area contributed by atoms with Gasteiger partial charge in [0.25, 0.3) is 6.47 Å². The molecule has 11 heavy (non-hydrogen) atoms. The fourth-order valence-electron chi connectivity index (χ4n) is 0.859. The summed E-state index contributed by atoms with van der Waals surface area (Å²) in [5, 5.41) is 10.2. The average molecular weight is 161 g/mol. The third kappa shape index (κ3) is 12.6. The summed E-state index contributed by atoms with van der Waals surface area (Å²) >= 11 is 0. The number of nitrogens with one attached hydrogen (secondary N) is 1. The van der Waals surface area contributed by atoms with Crippen molar-refractivity contribution in [3.8, 4) is 0 Å². The van der Waals surface area contributed by atoms with Crippen LogP contribution in [0.15, 0.2) is 0 Å². The van der Waals surface area contributed by atoms with Gasteiger partial charge in [0, 0.05) is 6.04 Å². The summed E-state index contributed by atoms with van der Waals surface area (Å²) in [6, 6.07) is 0.796. The molecule has 1 fully saturated rings. The Morgan fingerprint density at radius 1 is 1.55 bits per heavy atom. The minimum atomic E-state index is -0.250. The number of hydrogen-bond donors (Lipinski definition) is 2. The van der Waals surface area contributed by atoms with Crippen LogP contribution in [0.2, 0.25) is 0 Å². The van der Waals surface area contributed by atoms with Crippen molar-refractivity contribution >= 4 is 6.47 Å². The summed E-state index contributed by atoms with van der Waals surface area (Å²) in [7, 11) is 0. The van der Waals surface area contributed by atoms with Gasteiger partial charge < -0.3 is 10.4 Å². The largest absolute Gasteiger partial charge is 0.483 e. The van der Waals surface area contributed by atoms with E-state index in [1.54, 1.807) is 0 Å². The highest BCUT2D eigenvalue weighted by atomic mass is 16.3. The minimum Gasteiger partial charge on any atom is -0.483 e. The van der Waals surface area contributed by atoms with Gasteiger partial charge in [-0.25, -0.2) is 0 Å². The first-order valence-electron chi connectivity index (χ1n) is 4.12. The van der Waals surface area contributed by atoms with Gasteiger partial charge >= 0.3 is 0 Å². The van der Waals surface area contributed by atoms with Crippen molar-refractivity contribution in [3.05, 3.63) is 0 Å². The van der Waals surface area contributed by atoms with Gasteiger partial charge in [0.05, 0.1) is 0 Å². The second-order valence-corrected chi connectivity index (χ2v) is 2.10. The van der Waals surface area contributed by atoms with Gasteiger partial charge in [-0.2, -0.15) is 0 Å². The first-order valence-corrected chi connectivity index (χ1v) is 4.12. The lowest BCUT2D eigenvalue weighted by Crippen LogP contribution is -2.16. The first kappa shape index (κ1) is 13.1. The van der Waals surface area contributed by atoms with Crippen molar-refractivity contribution < 1.29 is 9.90 Å². The van der Waals surface area contributed by atoms with Gasteiger partial charge in [0.2, 0.25) is 0 Å². The van der Waals surface area contributed by atoms with Crippen molar-refractivity contribution in [2.24, 2.45) is 0 Å². The molecule has 0 aromatic carbocycles. The fraction of sp³-hybridized carbons (Fsp3) is 0.875. The highest BCUT2D eigenvalue weighted by molar-refractivity contribution is 5.32. The molecule has 3 heteroatoms. The van der Waals surface area contributed by atoms with E-state index in [2.05, 4.69) is 12.2 Å². The zero-order valence-electron chi connectivity index (χ0n) is 7.63. The van der Waals surface area contributed by atoms with Crippen LogP contribution in [-0.2, 0) is 4.79 Å². The molecule has 0 radical (unpaired) electrons. The molecule has 68 valence electrons. The summed E-state index contributed by atoms with van der Waals surface area (Å²) in [6.45, 7) is 7.22. The molecule has 0 amide bonds. The van der Waals surface area contributed by atoms with Gasteiger partial charge in [0.15, 0.2) is 0 Å². The molecule has 1 rings (SSSR count). The standard InChI is InChI=1S/C5H11N.C2H6.CH2O2/c1-5-3-2-4-6-5;1-2;2-1-3/h5-6H,2-4H2,1H3;1-2H3;1H,(H,2,3)/t5-;;/m1../s1. The number of carboxylic acid groups (broad SMARTS) is 1. The van der Waals surface area contributed by atoms with E-state index in [4.69, 9.17) is 9.90 Å². The zero-order valence-corrected chi connectivity index (χ0v) is 7.63. The zero-order chi connectivity index (χ0) is 9.11. The Morgan fingerprint density at radius 3 is 2.09 bits per heavy atom. The van der Waals surface area contributed by atoms with Crippen LogP contribution in [-0.4, -0.2) is 24.2 Å². The number of hydrogen-bond acceptors (Lipinski definition) is 2. The van der Waals surface area contributed by atoms with Crippen LogP contribution in [0.3, 0.4) is 0 Å². The maximum atomic E-state index is 8.36. The second-order valence-electron chi connectivity index (χ2n) is 2.10. The van der Waals surface area contributed by atoms with Crippen LogP contribution in [0, 0.1) is 0 Å². The van der Waals surface area contributed by atoms with Crippen LogP contribution in [0.25, 0.3) is 0 Å². The van der Waals surface area contributed by atoms with E-state index in [0.29, 0.717) is 0 Å². The molecule has 0 aromatic rings. The Balaban J connectivity index is 0. The molecular formula is C8H19NO2. The molecule has 1 aliphatic rings. The molecule has 3 nitrogen and oxygen atoms in total. The summed E-state index contributed by atoms with van der Waals surface area (Å²) in [4.78, 5) is 8.36. The summed E-state index contributed by atoms with van der Waals surface area (Å²) in [5.41, 5.74) is 0. The normalized spacial score (nSPS) is 20.5. The van der Waals surface area contributed by atoms with E-state index >= 15 is 0 Å². The lowest BCUT2D eigenvalue weighted by molar-refractivity contribution is -0.122. The Hall–Kier alpha value is -0.570. The SMILES string of the molecule is CC.C[C@@H]1CCCN1.O=CO. The molecule has 1 saturated heterocycles. The summed E-state index contributed by atoms with van der Waals surface area (Å²) < 4.78 is 0. The van der Waals surface area contributed by atoms with Crippen LogP contribution >= 0.6 is 0 Å². The molecule has 1 aliphatic heterocycles.